The Kier molecular flexibility index (Phi) is 4.13. The van der Waals surface area contributed by atoms with Crippen molar-refractivity contribution in [3.63, 3.8) is 0 Å². The molecule has 5 heteroatoms. The van der Waals surface area contributed by atoms with Gasteiger partial charge in [-0.3, -0.25) is 0 Å². The van der Waals surface area contributed by atoms with Crippen molar-refractivity contribution in [1.29, 1.82) is 0 Å². The lowest BCUT2D eigenvalue weighted by molar-refractivity contribution is 0.577. The van der Waals surface area contributed by atoms with E-state index in [1.165, 1.54) is 5.56 Å². The number of nitrogens with one attached hydrogen (secondary N) is 1. The molecule has 0 amide bonds. The summed E-state index contributed by atoms with van der Waals surface area (Å²) < 4.78 is 28.9. The Morgan fingerprint density at radius 1 is 0.929 bits per heavy atom. The van der Waals surface area contributed by atoms with Gasteiger partial charge in [-0.1, -0.05) is 61.0 Å². The van der Waals surface area contributed by atoms with Gasteiger partial charge in [0.2, 0.25) is 10.0 Å². The highest BCUT2D eigenvalue weighted by molar-refractivity contribution is 7.89. The molecule has 1 saturated carbocycles. The second kappa shape index (κ2) is 6.45. The van der Waals surface area contributed by atoms with Gasteiger partial charge >= 0.3 is 0 Å². The van der Waals surface area contributed by atoms with Crippen LogP contribution in [0.2, 0.25) is 5.02 Å². The molecule has 0 unspecified atom stereocenters. The molecule has 2 aliphatic rings. The molecular weight excluding hydrogens is 390 g/mol. The Labute approximate surface area is 170 Å². The monoisotopic (exact) mass is 409 g/mol. The SMILES string of the molecule is C[C@H]1[C@H](NS(=O)(=O)c2ccc3c(c2)Cc2cc(Cl)ccc2-3)[C@H]1c1ccccc1. The van der Waals surface area contributed by atoms with Crippen LogP contribution in [0.5, 0.6) is 0 Å². The van der Waals surface area contributed by atoms with Gasteiger partial charge in [0, 0.05) is 17.0 Å². The number of fused-ring (bicyclic) bond motifs is 3. The van der Waals surface area contributed by atoms with Gasteiger partial charge in [0.15, 0.2) is 0 Å². The second-order valence-corrected chi connectivity index (χ2v) is 9.89. The summed E-state index contributed by atoms with van der Waals surface area (Å²) >= 11 is 6.11. The highest BCUT2D eigenvalue weighted by atomic mass is 35.5. The maximum absolute atomic E-state index is 13.0. The Balaban J connectivity index is 1.40. The minimum Gasteiger partial charge on any atom is -0.207 e. The number of hydrogen-bond acceptors (Lipinski definition) is 2. The Bertz CT molecular complexity index is 1170. The van der Waals surface area contributed by atoms with Gasteiger partial charge < -0.3 is 0 Å². The topological polar surface area (TPSA) is 46.2 Å². The zero-order chi connectivity index (χ0) is 19.5. The van der Waals surface area contributed by atoms with Gasteiger partial charge in [0.1, 0.15) is 0 Å². The summed E-state index contributed by atoms with van der Waals surface area (Å²) in [6, 6.07) is 21.3. The molecule has 1 fully saturated rings. The maximum atomic E-state index is 13.0. The molecule has 0 aliphatic heterocycles. The molecule has 0 aromatic heterocycles. The third-order valence-electron chi connectivity index (χ3n) is 5.98. The van der Waals surface area contributed by atoms with Crippen LogP contribution in [0.15, 0.2) is 71.6 Å². The molecule has 0 radical (unpaired) electrons. The minimum absolute atomic E-state index is 0.0586. The normalized spacial score (nSPS) is 22.6. The zero-order valence-electron chi connectivity index (χ0n) is 15.4. The van der Waals surface area contributed by atoms with Crippen LogP contribution in [0.4, 0.5) is 0 Å². The van der Waals surface area contributed by atoms with Gasteiger partial charge in [0.05, 0.1) is 4.90 Å². The number of halogens is 1. The fourth-order valence-electron chi connectivity index (χ4n) is 4.40. The number of sulfonamides is 1. The average Bonchev–Trinajstić information content (AvgIpc) is 3.15. The summed E-state index contributed by atoms with van der Waals surface area (Å²) in [6.07, 6.45) is 0.709. The summed E-state index contributed by atoms with van der Waals surface area (Å²) in [5.41, 5.74) is 5.58. The quantitative estimate of drug-likeness (QED) is 0.516. The maximum Gasteiger partial charge on any atom is 0.240 e. The Morgan fingerprint density at radius 3 is 2.36 bits per heavy atom. The van der Waals surface area contributed by atoms with Crippen molar-refractivity contribution in [2.75, 3.05) is 0 Å². The van der Waals surface area contributed by atoms with E-state index in [-0.39, 0.29) is 17.9 Å². The van der Waals surface area contributed by atoms with Crippen LogP contribution < -0.4 is 4.72 Å². The van der Waals surface area contributed by atoms with E-state index in [0.29, 0.717) is 16.3 Å². The standard InChI is InChI=1S/C23H20ClNO2S/c1-14-22(15-5-3-2-4-6-15)23(14)25-28(26,27)19-8-10-21-17(13-19)11-16-12-18(24)7-9-20(16)21/h2-10,12-14,22-23,25H,11H2,1H3/t14-,22-,23+/m1/s1. The number of rotatable bonds is 4. The van der Waals surface area contributed by atoms with Gasteiger partial charge in [-0.25, -0.2) is 13.1 Å². The minimum atomic E-state index is -3.56. The Hall–Kier alpha value is -2.14. The first kappa shape index (κ1) is 17.9. The highest BCUT2D eigenvalue weighted by Gasteiger charge is 2.49. The second-order valence-electron chi connectivity index (χ2n) is 7.74. The van der Waals surface area contributed by atoms with Crippen LogP contribution in [-0.4, -0.2) is 14.5 Å². The number of hydrogen-bond donors (Lipinski definition) is 1. The van der Waals surface area contributed by atoms with E-state index in [1.54, 1.807) is 12.1 Å². The van der Waals surface area contributed by atoms with Crippen molar-refractivity contribution in [3.8, 4) is 11.1 Å². The third-order valence-corrected chi connectivity index (χ3v) is 7.67. The van der Waals surface area contributed by atoms with Gasteiger partial charge in [-0.2, -0.15) is 0 Å². The lowest BCUT2D eigenvalue weighted by atomic mass is 10.1. The van der Waals surface area contributed by atoms with Crippen LogP contribution in [0.25, 0.3) is 11.1 Å². The molecule has 3 atom stereocenters. The average molecular weight is 410 g/mol. The smallest absolute Gasteiger partial charge is 0.207 e. The molecule has 0 bridgehead atoms. The summed E-state index contributed by atoms with van der Waals surface area (Å²) in [6.45, 7) is 2.09. The zero-order valence-corrected chi connectivity index (χ0v) is 17.0. The van der Waals surface area contributed by atoms with Crippen molar-refractivity contribution in [1.82, 2.24) is 4.72 Å². The van der Waals surface area contributed by atoms with Crippen LogP contribution in [-0.2, 0) is 16.4 Å². The fraction of sp³-hybridized carbons (Fsp3) is 0.217. The van der Waals surface area contributed by atoms with E-state index in [9.17, 15) is 8.42 Å². The molecule has 3 nitrogen and oxygen atoms in total. The van der Waals surface area contributed by atoms with Crippen molar-refractivity contribution < 1.29 is 8.42 Å². The molecule has 3 aromatic carbocycles. The van der Waals surface area contributed by atoms with Crippen molar-refractivity contribution >= 4 is 21.6 Å². The first-order valence-electron chi connectivity index (χ1n) is 9.43. The van der Waals surface area contributed by atoms with E-state index in [4.69, 9.17) is 11.6 Å². The van der Waals surface area contributed by atoms with Crippen molar-refractivity contribution in [2.24, 2.45) is 5.92 Å². The van der Waals surface area contributed by atoms with E-state index in [0.717, 1.165) is 22.3 Å². The predicted molar refractivity (Wildman–Crippen MR) is 112 cm³/mol. The van der Waals surface area contributed by atoms with Gasteiger partial charge in [-0.15, -0.1) is 0 Å². The molecule has 3 aromatic rings. The lowest BCUT2D eigenvalue weighted by Gasteiger charge is -2.09. The van der Waals surface area contributed by atoms with E-state index >= 15 is 0 Å². The van der Waals surface area contributed by atoms with Crippen molar-refractivity contribution in [2.45, 2.75) is 30.2 Å². The summed E-state index contributed by atoms with van der Waals surface area (Å²) in [5.74, 6) is 0.523. The molecule has 28 heavy (non-hydrogen) atoms. The molecular formula is C23H20ClNO2S. The largest absolute Gasteiger partial charge is 0.240 e. The molecule has 2 aliphatic carbocycles. The van der Waals surface area contributed by atoms with Gasteiger partial charge in [-0.05, 0) is 64.4 Å². The first-order chi connectivity index (χ1) is 13.4. The van der Waals surface area contributed by atoms with E-state index in [1.807, 2.05) is 42.5 Å². The molecule has 0 spiro atoms. The van der Waals surface area contributed by atoms with Crippen LogP contribution in [0, 0.1) is 5.92 Å². The van der Waals surface area contributed by atoms with Crippen LogP contribution in [0.1, 0.15) is 29.5 Å². The van der Waals surface area contributed by atoms with Crippen molar-refractivity contribution in [3.05, 3.63) is 88.4 Å². The predicted octanol–water partition coefficient (Wildman–Crippen LogP) is 4.99. The third kappa shape index (κ3) is 2.96. The molecule has 142 valence electrons. The molecule has 0 saturated heterocycles. The lowest BCUT2D eigenvalue weighted by Crippen LogP contribution is -2.27. The van der Waals surface area contributed by atoms with E-state index in [2.05, 4.69) is 23.8 Å². The summed E-state index contributed by atoms with van der Waals surface area (Å²) in [4.78, 5) is 0.330. The first-order valence-corrected chi connectivity index (χ1v) is 11.3. The van der Waals surface area contributed by atoms with Gasteiger partial charge in [0.25, 0.3) is 0 Å². The molecule has 1 N–H and O–H groups in total. The number of benzene rings is 3. The molecule has 5 rings (SSSR count). The fourth-order valence-corrected chi connectivity index (χ4v) is 5.99. The Morgan fingerprint density at radius 2 is 1.61 bits per heavy atom. The molecule has 0 heterocycles. The van der Waals surface area contributed by atoms with Crippen LogP contribution in [0.3, 0.4) is 0 Å². The van der Waals surface area contributed by atoms with Crippen LogP contribution >= 0.6 is 11.6 Å². The summed E-state index contributed by atoms with van der Waals surface area (Å²) in [7, 11) is -3.56. The van der Waals surface area contributed by atoms with E-state index < -0.39 is 10.0 Å². The highest BCUT2D eigenvalue weighted by Crippen LogP contribution is 2.48. The summed E-state index contributed by atoms with van der Waals surface area (Å²) in [5, 5.41) is 0.704.